The lowest BCUT2D eigenvalue weighted by molar-refractivity contribution is -0.137. The van der Waals surface area contributed by atoms with Gasteiger partial charge in [0, 0.05) is 5.41 Å². The summed E-state index contributed by atoms with van der Waals surface area (Å²) < 4.78 is 9.61. The zero-order valence-electron chi connectivity index (χ0n) is 14.7. The van der Waals surface area contributed by atoms with E-state index in [-0.39, 0.29) is 21.8 Å². The van der Waals surface area contributed by atoms with Gasteiger partial charge in [-0.25, -0.2) is 9.59 Å². The van der Waals surface area contributed by atoms with E-state index >= 15 is 0 Å². The van der Waals surface area contributed by atoms with Crippen molar-refractivity contribution in [3.8, 4) is 0 Å². The SMILES string of the molecule is CCS(C[C@]12CC[C@H](C[C@H]1O)C2(C)C)=C(C(=O)OC)C(=O)OC. The van der Waals surface area contributed by atoms with Crippen LogP contribution in [0.3, 0.4) is 0 Å². The Bertz CT molecular complexity index is 521. The molecule has 0 spiro atoms. The minimum absolute atomic E-state index is 0.0180. The average Bonchev–Trinajstić information content (AvgIpc) is 2.87. The summed E-state index contributed by atoms with van der Waals surface area (Å²) in [7, 11) is 1.97. The molecule has 5 nitrogen and oxygen atoms in total. The van der Waals surface area contributed by atoms with Crippen molar-refractivity contribution in [1.82, 2.24) is 0 Å². The van der Waals surface area contributed by atoms with Crippen molar-refractivity contribution >= 4 is 27.3 Å². The number of hydrogen-bond donors (Lipinski definition) is 1. The third-order valence-electron chi connectivity index (χ3n) is 6.20. The van der Waals surface area contributed by atoms with Gasteiger partial charge < -0.3 is 14.6 Å². The third kappa shape index (κ3) is 2.74. The van der Waals surface area contributed by atoms with Crippen molar-refractivity contribution in [3.63, 3.8) is 0 Å². The summed E-state index contributed by atoms with van der Waals surface area (Å²) in [6.45, 7) is 6.40. The number of hydrogen-bond acceptors (Lipinski definition) is 5. The molecule has 2 aliphatic rings. The van der Waals surface area contributed by atoms with E-state index in [1.165, 1.54) is 14.2 Å². The fourth-order valence-corrected chi connectivity index (χ4v) is 7.12. The number of aliphatic hydroxyl groups is 1. The van der Waals surface area contributed by atoms with Crippen LogP contribution in [0.4, 0.5) is 0 Å². The van der Waals surface area contributed by atoms with Gasteiger partial charge in [0.15, 0.2) is 4.86 Å². The van der Waals surface area contributed by atoms with Crippen molar-refractivity contribution in [2.75, 3.05) is 25.7 Å². The van der Waals surface area contributed by atoms with Gasteiger partial charge in [0.1, 0.15) is 0 Å². The number of aliphatic hydroxyl groups excluding tert-OH is 1. The number of methoxy groups -OCH3 is 2. The van der Waals surface area contributed by atoms with Gasteiger partial charge in [-0.05, 0) is 42.1 Å². The molecule has 1 unspecified atom stereocenters. The molecular formula is C17H28O5S. The van der Waals surface area contributed by atoms with Crippen LogP contribution in [0, 0.1) is 16.7 Å². The van der Waals surface area contributed by atoms with Crippen LogP contribution in [-0.4, -0.2) is 53.7 Å². The van der Waals surface area contributed by atoms with Crippen LogP contribution in [0.1, 0.15) is 40.0 Å². The van der Waals surface area contributed by atoms with E-state index < -0.39 is 22.4 Å². The maximum absolute atomic E-state index is 12.1. The molecule has 0 aromatic carbocycles. The van der Waals surface area contributed by atoms with Gasteiger partial charge in [-0.2, -0.15) is 10.5 Å². The monoisotopic (exact) mass is 344 g/mol. The van der Waals surface area contributed by atoms with Gasteiger partial charge in [0.05, 0.1) is 20.3 Å². The molecule has 1 N–H and O–H groups in total. The largest absolute Gasteiger partial charge is 0.465 e. The van der Waals surface area contributed by atoms with Crippen LogP contribution in [0.15, 0.2) is 0 Å². The second-order valence-electron chi connectivity index (χ2n) is 7.10. The maximum atomic E-state index is 12.1. The van der Waals surface area contributed by atoms with Crippen LogP contribution < -0.4 is 0 Å². The molecule has 2 rings (SSSR count). The van der Waals surface area contributed by atoms with Crippen molar-refractivity contribution in [2.24, 2.45) is 16.7 Å². The molecule has 6 heteroatoms. The Labute approximate surface area is 140 Å². The lowest BCUT2D eigenvalue weighted by Gasteiger charge is -2.41. The number of fused-ring (bicyclic) bond motifs is 2. The van der Waals surface area contributed by atoms with Crippen LogP contribution in [0.5, 0.6) is 0 Å². The standard InChI is InChI=1S/C17H28O5S/c1-6-23(13(14(19)21-4)15(20)22-5)10-17-8-7-11(9-12(17)18)16(17,2)3/h11-12,18H,6-10H2,1-5H3/t11-,12-,17-,23?/m1/s1. The fraction of sp³-hybridized carbons (Fsp3) is 0.824. The number of carbonyl (C=O) groups excluding carboxylic acids is 2. The quantitative estimate of drug-likeness (QED) is 0.469. The summed E-state index contributed by atoms with van der Waals surface area (Å²) in [5, 5.41) is 10.7. The van der Waals surface area contributed by atoms with E-state index in [9.17, 15) is 14.7 Å². The first-order valence-electron chi connectivity index (χ1n) is 8.14. The topological polar surface area (TPSA) is 72.8 Å². The van der Waals surface area contributed by atoms with E-state index in [1.54, 1.807) is 0 Å². The highest BCUT2D eigenvalue weighted by molar-refractivity contribution is 8.17. The Morgan fingerprint density at radius 3 is 2.13 bits per heavy atom. The molecule has 0 radical (unpaired) electrons. The van der Waals surface area contributed by atoms with Gasteiger partial charge in [-0.1, -0.05) is 20.8 Å². The van der Waals surface area contributed by atoms with Gasteiger partial charge in [0.25, 0.3) is 0 Å². The van der Waals surface area contributed by atoms with Crippen LogP contribution >= 0.6 is 10.5 Å². The normalized spacial score (nSPS) is 32.4. The first-order chi connectivity index (χ1) is 10.7. The number of esters is 2. The summed E-state index contributed by atoms with van der Waals surface area (Å²) in [6.07, 6.45) is 2.51. The molecule has 132 valence electrons. The Morgan fingerprint density at radius 1 is 1.22 bits per heavy atom. The predicted octanol–water partition coefficient (Wildman–Crippen LogP) is 1.98. The Morgan fingerprint density at radius 2 is 1.78 bits per heavy atom. The third-order valence-corrected chi connectivity index (χ3v) is 8.67. The second kappa shape index (κ2) is 6.55. The molecule has 0 saturated heterocycles. The van der Waals surface area contributed by atoms with E-state index in [1.807, 2.05) is 6.92 Å². The smallest absolute Gasteiger partial charge is 0.351 e. The molecule has 2 saturated carbocycles. The fourth-order valence-electron chi connectivity index (χ4n) is 4.51. The molecule has 23 heavy (non-hydrogen) atoms. The first-order valence-corrected chi connectivity index (χ1v) is 9.70. The number of ether oxygens (including phenoxy) is 2. The molecule has 0 aliphatic heterocycles. The van der Waals surface area contributed by atoms with Crippen LogP contribution in [0.25, 0.3) is 0 Å². The lowest BCUT2D eigenvalue weighted by atomic mass is 9.70. The molecule has 4 atom stereocenters. The highest BCUT2D eigenvalue weighted by atomic mass is 32.2. The molecule has 0 aromatic heterocycles. The van der Waals surface area contributed by atoms with Gasteiger partial charge in [0.2, 0.25) is 0 Å². The molecule has 0 heterocycles. The summed E-state index contributed by atoms with van der Waals surface area (Å²) in [5.41, 5.74) is -0.214. The van der Waals surface area contributed by atoms with Gasteiger partial charge >= 0.3 is 11.9 Å². The average molecular weight is 344 g/mol. The summed E-state index contributed by atoms with van der Waals surface area (Å²) in [5.74, 6) is 0.596. The Kier molecular flexibility index (Phi) is 5.26. The van der Waals surface area contributed by atoms with Crippen molar-refractivity contribution in [3.05, 3.63) is 0 Å². The zero-order chi connectivity index (χ0) is 17.4. The van der Waals surface area contributed by atoms with Gasteiger partial charge in [-0.3, -0.25) is 0 Å². The van der Waals surface area contributed by atoms with Crippen molar-refractivity contribution < 1.29 is 24.2 Å². The predicted molar refractivity (Wildman–Crippen MR) is 91.6 cm³/mol. The minimum atomic E-state index is -0.613. The number of rotatable bonds is 5. The zero-order valence-corrected chi connectivity index (χ0v) is 15.5. The molecular weight excluding hydrogens is 316 g/mol. The Hall–Kier alpha value is -0.880. The van der Waals surface area contributed by atoms with Crippen molar-refractivity contribution in [2.45, 2.75) is 46.1 Å². The molecule has 0 amide bonds. The maximum Gasteiger partial charge on any atom is 0.351 e. The number of carbonyl (C=O) groups is 2. The van der Waals surface area contributed by atoms with Crippen molar-refractivity contribution in [1.29, 1.82) is 0 Å². The van der Waals surface area contributed by atoms with E-state index in [2.05, 4.69) is 13.8 Å². The minimum Gasteiger partial charge on any atom is -0.465 e. The van der Waals surface area contributed by atoms with E-state index in [4.69, 9.17) is 9.47 Å². The van der Waals surface area contributed by atoms with Crippen LogP contribution in [-0.2, 0) is 19.1 Å². The molecule has 2 bridgehead atoms. The Balaban J connectivity index is 2.46. The van der Waals surface area contributed by atoms with E-state index in [0.717, 1.165) is 19.3 Å². The first kappa shape index (κ1) is 18.5. The summed E-state index contributed by atoms with van der Waals surface area (Å²) >= 11 is 0. The molecule has 2 aliphatic carbocycles. The summed E-state index contributed by atoms with van der Waals surface area (Å²) in [4.78, 5) is 24.3. The molecule has 0 aromatic rings. The summed E-state index contributed by atoms with van der Waals surface area (Å²) in [6, 6.07) is 0. The second-order valence-corrected chi connectivity index (χ2v) is 9.36. The van der Waals surface area contributed by atoms with Crippen LogP contribution in [0.2, 0.25) is 0 Å². The highest BCUT2D eigenvalue weighted by Crippen LogP contribution is 2.67. The molecule has 2 fully saturated rings. The highest BCUT2D eigenvalue weighted by Gasteiger charge is 2.63. The lowest BCUT2D eigenvalue weighted by Crippen LogP contribution is -2.42. The van der Waals surface area contributed by atoms with Gasteiger partial charge in [-0.15, -0.1) is 0 Å². The van der Waals surface area contributed by atoms with E-state index in [0.29, 0.717) is 17.4 Å².